The van der Waals surface area contributed by atoms with Gasteiger partial charge in [-0.05, 0) is 7.05 Å². The molecule has 2 N–H and O–H groups in total. The van der Waals surface area contributed by atoms with Gasteiger partial charge in [-0.3, -0.25) is 0 Å². The maximum atomic E-state index is 10.2. The first-order valence-electron chi connectivity index (χ1n) is 4.90. The van der Waals surface area contributed by atoms with Crippen LogP contribution in [0, 0.1) is 0 Å². The van der Waals surface area contributed by atoms with Crippen LogP contribution in [0.4, 0.5) is 0 Å². The number of nitrogens with two attached hydrogens (primary N) is 1. The SMILES string of the molecule is CN1CCC([NH2+]CCC(=O)[O-])CC1. The maximum Gasteiger partial charge on any atom is 0.0883 e. The lowest BCUT2D eigenvalue weighted by atomic mass is 10.1. The van der Waals surface area contributed by atoms with Crippen molar-refractivity contribution in [2.24, 2.45) is 0 Å². The Balaban J connectivity index is 2.05. The summed E-state index contributed by atoms with van der Waals surface area (Å²) in [4.78, 5) is 12.5. The maximum absolute atomic E-state index is 10.2. The van der Waals surface area contributed by atoms with Gasteiger partial charge in [0.1, 0.15) is 0 Å². The standard InChI is InChI=1S/C9H18N2O2/c1-11-6-3-8(4-7-11)10-5-2-9(12)13/h8,10H,2-7H2,1H3,(H,12,13). The van der Waals surface area contributed by atoms with E-state index in [9.17, 15) is 9.90 Å². The van der Waals surface area contributed by atoms with Crippen molar-refractivity contribution in [2.45, 2.75) is 25.3 Å². The monoisotopic (exact) mass is 186 g/mol. The minimum absolute atomic E-state index is 0.173. The van der Waals surface area contributed by atoms with Gasteiger partial charge in [0, 0.05) is 38.3 Å². The lowest BCUT2D eigenvalue weighted by Gasteiger charge is -2.27. The summed E-state index contributed by atoms with van der Waals surface area (Å²) >= 11 is 0. The van der Waals surface area contributed by atoms with Gasteiger partial charge in [-0.1, -0.05) is 0 Å². The molecule has 1 aliphatic heterocycles. The third-order valence-electron chi connectivity index (χ3n) is 2.61. The molecule has 1 heterocycles. The van der Waals surface area contributed by atoms with Gasteiger partial charge in [0.2, 0.25) is 0 Å². The number of piperidine rings is 1. The van der Waals surface area contributed by atoms with E-state index in [-0.39, 0.29) is 6.42 Å². The van der Waals surface area contributed by atoms with Gasteiger partial charge < -0.3 is 20.1 Å². The molecule has 1 saturated heterocycles. The molecule has 0 aliphatic carbocycles. The Bertz CT molecular complexity index is 165. The third kappa shape index (κ3) is 4.24. The number of hydrogen-bond donors (Lipinski definition) is 1. The number of aliphatic carboxylic acids is 1. The molecule has 0 aromatic rings. The third-order valence-corrected chi connectivity index (χ3v) is 2.61. The fraction of sp³-hybridized carbons (Fsp3) is 0.889. The van der Waals surface area contributed by atoms with Crippen LogP contribution in [0.2, 0.25) is 0 Å². The Hall–Kier alpha value is -0.610. The predicted molar refractivity (Wildman–Crippen MR) is 46.9 cm³/mol. The van der Waals surface area contributed by atoms with E-state index in [1.165, 1.54) is 12.8 Å². The number of carbonyl (C=O) groups is 1. The molecule has 0 spiro atoms. The van der Waals surface area contributed by atoms with Crippen LogP contribution >= 0.6 is 0 Å². The van der Waals surface area contributed by atoms with Crippen LogP contribution in [0.1, 0.15) is 19.3 Å². The van der Waals surface area contributed by atoms with Crippen molar-refractivity contribution in [3.63, 3.8) is 0 Å². The molecule has 0 aromatic carbocycles. The summed E-state index contributed by atoms with van der Waals surface area (Å²) in [5.74, 6) is -0.941. The summed E-state index contributed by atoms with van der Waals surface area (Å²) in [6, 6.07) is 0.621. The summed E-state index contributed by atoms with van der Waals surface area (Å²) in [6.45, 7) is 2.93. The Morgan fingerprint density at radius 1 is 1.54 bits per heavy atom. The predicted octanol–water partition coefficient (Wildman–Crippen LogP) is -2.22. The van der Waals surface area contributed by atoms with Crippen molar-refractivity contribution in [1.29, 1.82) is 0 Å². The molecule has 0 amide bonds. The summed E-state index contributed by atoms with van der Waals surface area (Å²) < 4.78 is 0. The van der Waals surface area contributed by atoms with Crippen LogP contribution in [0.25, 0.3) is 0 Å². The van der Waals surface area contributed by atoms with E-state index in [4.69, 9.17) is 0 Å². The highest BCUT2D eigenvalue weighted by molar-refractivity contribution is 5.64. The highest BCUT2D eigenvalue weighted by atomic mass is 16.4. The highest BCUT2D eigenvalue weighted by Gasteiger charge is 2.18. The molecular weight excluding hydrogens is 168 g/mol. The average molecular weight is 186 g/mol. The molecule has 0 saturated carbocycles. The van der Waals surface area contributed by atoms with Crippen LogP contribution in [-0.4, -0.2) is 43.6 Å². The summed E-state index contributed by atoms with van der Waals surface area (Å²) in [5, 5.41) is 12.3. The van der Waals surface area contributed by atoms with E-state index >= 15 is 0 Å². The van der Waals surface area contributed by atoms with Gasteiger partial charge in [-0.15, -0.1) is 0 Å². The normalized spacial score (nSPS) is 20.4. The zero-order valence-electron chi connectivity index (χ0n) is 8.16. The average Bonchev–Trinajstić information content (AvgIpc) is 2.08. The molecule has 1 aliphatic rings. The largest absolute Gasteiger partial charge is 0.550 e. The van der Waals surface area contributed by atoms with Crippen molar-refractivity contribution >= 4 is 5.97 Å². The Morgan fingerprint density at radius 3 is 2.69 bits per heavy atom. The van der Waals surface area contributed by atoms with Gasteiger partial charge in [0.05, 0.1) is 12.6 Å². The molecule has 4 heteroatoms. The second kappa shape index (κ2) is 5.19. The number of carboxylic acid groups (broad SMARTS) is 1. The molecule has 0 unspecified atom stereocenters. The number of carboxylic acids is 1. The molecule has 1 fully saturated rings. The molecule has 0 radical (unpaired) electrons. The molecule has 0 bridgehead atoms. The van der Waals surface area contributed by atoms with Gasteiger partial charge in [-0.2, -0.15) is 0 Å². The minimum Gasteiger partial charge on any atom is -0.550 e. The molecule has 13 heavy (non-hydrogen) atoms. The van der Waals surface area contributed by atoms with Gasteiger partial charge in [0.25, 0.3) is 0 Å². The molecule has 0 atom stereocenters. The van der Waals surface area contributed by atoms with E-state index in [1.54, 1.807) is 0 Å². The van der Waals surface area contributed by atoms with Gasteiger partial charge in [0.15, 0.2) is 0 Å². The zero-order valence-corrected chi connectivity index (χ0v) is 8.16. The molecule has 4 nitrogen and oxygen atoms in total. The molecular formula is C9H18N2O2. The second-order valence-corrected chi connectivity index (χ2v) is 3.79. The number of hydrogen-bond acceptors (Lipinski definition) is 3. The van der Waals surface area contributed by atoms with Crippen molar-refractivity contribution in [3.8, 4) is 0 Å². The smallest absolute Gasteiger partial charge is 0.0883 e. The van der Waals surface area contributed by atoms with Crippen molar-refractivity contribution in [1.82, 2.24) is 4.90 Å². The van der Waals surface area contributed by atoms with E-state index in [0.717, 1.165) is 13.1 Å². The number of likely N-dealkylation sites (tertiary alicyclic amines) is 1. The van der Waals surface area contributed by atoms with Crippen LogP contribution < -0.4 is 10.4 Å². The lowest BCUT2D eigenvalue weighted by Crippen LogP contribution is -2.91. The number of carbonyl (C=O) groups excluding carboxylic acids is 1. The summed E-state index contributed by atoms with van der Waals surface area (Å²) in [7, 11) is 2.12. The Morgan fingerprint density at radius 2 is 2.15 bits per heavy atom. The van der Waals surface area contributed by atoms with E-state index < -0.39 is 5.97 Å². The van der Waals surface area contributed by atoms with E-state index in [1.807, 2.05) is 0 Å². The molecule has 1 rings (SSSR count). The van der Waals surface area contributed by atoms with Crippen LogP contribution in [-0.2, 0) is 4.79 Å². The number of nitrogens with zero attached hydrogens (tertiary/aromatic N) is 1. The molecule has 76 valence electrons. The van der Waals surface area contributed by atoms with Crippen LogP contribution in [0.5, 0.6) is 0 Å². The van der Waals surface area contributed by atoms with Gasteiger partial charge >= 0.3 is 0 Å². The fourth-order valence-corrected chi connectivity index (χ4v) is 1.70. The zero-order chi connectivity index (χ0) is 9.68. The van der Waals surface area contributed by atoms with Crippen molar-refractivity contribution < 1.29 is 15.2 Å². The first-order chi connectivity index (χ1) is 6.18. The van der Waals surface area contributed by atoms with Crippen LogP contribution in [0.15, 0.2) is 0 Å². The minimum atomic E-state index is -0.941. The summed E-state index contributed by atoms with van der Waals surface area (Å²) in [5.41, 5.74) is 0. The van der Waals surface area contributed by atoms with Gasteiger partial charge in [-0.25, -0.2) is 0 Å². The van der Waals surface area contributed by atoms with Crippen molar-refractivity contribution in [2.75, 3.05) is 26.7 Å². The molecule has 0 aromatic heterocycles. The first kappa shape index (κ1) is 10.5. The Labute approximate surface area is 78.9 Å². The highest BCUT2D eigenvalue weighted by Crippen LogP contribution is 2.03. The fourth-order valence-electron chi connectivity index (χ4n) is 1.70. The first-order valence-corrected chi connectivity index (χ1v) is 4.90. The van der Waals surface area contributed by atoms with Crippen LogP contribution in [0.3, 0.4) is 0 Å². The summed E-state index contributed by atoms with van der Waals surface area (Å²) in [6.07, 6.45) is 2.51. The quantitative estimate of drug-likeness (QED) is 0.541. The number of rotatable bonds is 4. The van der Waals surface area contributed by atoms with E-state index in [0.29, 0.717) is 12.6 Å². The lowest BCUT2D eigenvalue weighted by molar-refractivity contribution is -0.691. The van der Waals surface area contributed by atoms with Crippen molar-refractivity contribution in [3.05, 3.63) is 0 Å². The second-order valence-electron chi connectivity index (χ2n) is 3.79. The van der Waals surface area contributed by atoms with E-state index in [2.05, 4.69) is 17.3 Å². The number of quaternary nitrogens is 1. The Kier molecular flexibility index (Phi) is 4.18. The topological polar surface area (TPSA) is 60.0 Å².